The molecule has 0 fully saturated rings. The molecule has 4 N–H and O–H groups in total. The minimum Gasteiger partial charge on any atom is -0.480 e. The van der Waals surface area contributed by atoms with Crippen LogP contribution in [-0.4, -0.2) is 64.9 Å². The molecule has 348 valence electrons. The fraction of sp³-hybridized carbons (Fsp3) is 0.771. The lowest BCUT2D eigenvalue weighted by atomic mass is 10.0. The second-order valence-corrected chi connectivity index (χ2v) is 17.4. The molecule has 0 radical (unpaired) electrons. The molecule has 0 saturated heterocycles. The summed E-state index contributed by atoms with van der Waals surface area (Å²) < 4.78 is 26.8. The Morgan fingerprint density at radius 3 is 1.42 bits per heavy atom. The molecule has 3 atom stereocenters. The summed E-state index contributed by atoms with van der Waals surface area (Å²) >= 11 is 0. The van der Waals surface area contributed by atoms with Crippen LogP contribution in [0.25, 0.3) is 0 Å². The summed E-state index contributed by atoms with van der Waals surface area (Å²) in [6.45, 7) is 2.50. The van der Waals surface area contributed by atoms with E-state index in [-0.39, 0.29) is 12.8 Å². The van der Waals surface area contributed by atoms with Crippen molar-refractivity contribution < 1.29 is 47.8 Å². The molecular weight excluding hydrogens is 781 g/mol. The van der Waals surface area contributed by atoms with Crippen LogP contribution < -0.4 is 5.32 Å². The number of phosphoric ester groups is 1. The van der Waals surface area contributed by atoms with Gasteiger partial charge in [-0.05, 0) is 70.6 Å². The Morgan fingerprint density at radius 2 is 0.950 bits per heavy atom. The smallest absolute Gasteiger partial charge is 0.472 e. The van der Waals surface area contributed by atoms with Crippen molar-refractivity contribution in [2.24, 2.45) is 0 Å². The van der Waals surface area contributed by atoms with Gasteiger partial charge >= 0.3 is 19.8 Å². The van der Waals surface area contributed by atoms with Crippen LogP contribution in [0.1, 0.15) is 206 Å². The average Bonchev–Trinajstić information content (AvgIpc) is 3.22. The summed E-state index contributed by atoms with van der Waals surface area (Å²) in [6, 6.07) is -1.55. The molecule has 0 aliphatic heterocycles. The Labute approximate surface area is 364 Å². The summed E-state index contributed by atoms with van der Waals surface area (Å²) in [7, 11) is -4.76. The molecular formula is C48H86NO10P. The maximum Gasteiger partial charge on any atom is 0.472 e. The maximum atomic E-state index is 12.4. The van der Waals surface area contributed by atoms with E-state index in [4.69, 9.17) is 13.8 Å². The first-order chi connectivity index (χ1) is 29.1. The molecule has 0 aromatic heterocycles. The summed E-state index contributed by atoms with van der Waals surface area (Å²) in [6.07, 6.45) is 48.5. The third-order valence-corrected chi connectivity index (χ3v) is 11.0. The number of rotatable bonds is 44. The maximum absolute atomic E-state index is 12.4. The second kappa shape index (κ2) is 43.1. The van der Waals surface area contributed by atoms with Gasteiger partial charge in [0.2, 0.25) is 5.91 Å². The standard InChI is InChI=1S/C48H86NO10P/c1-3-5-7-9-11-13-15-17-18-19-20-21-22-23-24-25-26-28-29-31-33-35-37-39-46(51)49-45(48(53)54)43-59-60(55,56)58-42-44(50)41-57-47(52)40-38-36-34-32-30-27-16-14-12-10-8-6-4-2/h8,10-11,13-14,16-18,44-45,50H,3-7,9,12,15,19-43H2,1-2H3,(H,49,51)(H,53,54)(H,55,56)/b10-8-,13-11-,16-14-,18-17-. The predicted octanol–water partition coefficient (Wildman–Crippen LogP) is 12.6. The number of allylic oxidation sites excluding steroid dienone is 8. The molecule has 1 amide bonds. The van der Waals surface area contributed by atoms with Crippen LogP contribution in [0.15, 0.2) is 48.6 Å². The van der Waals surface area contributed by atoms with E-state index < -0.39 is 57.6 Å². The first-order valence-corrected chi connectivity index (χ1v) is 25.2. The van der Waals surface area contributed by atoms with Gasteiger partial charge in [-0.25, -0.2) is 9.36 Å². The van der Waals surface area contributed by atoms with Gasteiger partial charge in [0.25, 0.3) is 0 Å². The summed E-state index contributed by atoms with van der Waals surface area (Å²) in [4.78, 5) is 46.0. The van der Waals surface area contributed by atoms with Gasteiger partial charge in [-0.1, -0.05) is 172 Å². The van der Waals surface area contributed by atoms with Gasteiger partial charge in [0, 0.05) is 12.8 Å². The first-order valence-electron chi connectivity index (χ1n) is 23.7. The number of amides is 1. The van der Waals surface area contributed by atoms with Gasteiger partial charge in [0.05, 0.1) is 13.2 Å². The number of esters is 1. The molecule has 0 bridgehead atoms. The molecule has 0 aliphatic rings. The van der Waals surface area contributed by atoms with Crippen molar-refractivity contribution in [3.8, 4) is 0 Å². The zero-order chi connectivity index (χ0) is 44.2. The van der Waals surface area contributed by atoms with E-state index in [1.54, 1.807) is 0 Å². The van der Waals surface area contributed by atoms with E-state index in [2.05, 4.69) is 67.8 Å². The van der Waals surface area contributed by atoms with Crippen LogP contribution in [0.5, 0.6) is 0 Å². The molecule has 3 unspecified atom stereocenters. The number of phosphoric acid groups is 1. The first kappa shape index (κ1) is 57.4. The number of hydrogen-bond acceptors (Lipinski definition) is 8. The van der Waals surface area contributed by atoms with Crippen LogP contribution >= 0.6 is 7.82 Å². The third-order valence-electron chi connectivity index (χ3n) is 10.1. The Kier molecular flexibility index (Phi) is 41.3. The SMILES string of the molecule is CCC/C=C\C/C=C\CCCCCCCC(=O)OCC(O)COP(=O)(O)OCC(NC(=O)CCCCCCCCCCCCCCC/C=C\C/C=C\CCCCC)C(=O)O. The topological polar surface area (TPSA) is 169 Å². The quantitative estimate of drug-likeness (QED) is 0.0200. The fourth-order valence-electron chi connectivity index (χ4n) is 6.38. The number of carbonyl (C=O) groups excluding carboxylic acids is 2. The van der Waals surface area contributed by atoms with E-state index in [0.29, 0.717) is 12.8 Å². The van der Waals surface area contributed by atoms with Gasteiger partial charge in [-0.3, -0.25) is 18.6 Å². The van der Waals surface area contributed by atoms with Crippen LogP contribution in [0.2, 0.25) is 0 Å². The van der Waals surface area contributed by atoms with E-state index in [9.17, 15) is 34.1 Å². The molecule has 11 nitrogen and oxygen atoms in total. The molecule has 0 aromatic rings. The van der Waals surface area contributed by atoms with Crippen molar-refractivity contribution >= 4 is 25.7 Å². The van der Waals surface area contributed by atoms with E-state index in [1.165, 1.54) is 96.3 Å². The van der Waals surface area contributed by atoms with E-state index in [1.807, 2.05) is 0 Å². The summed E-state index contributed by atoms with van der Waals surface area (Å²) in [5.41, 5.74) is 0. The van der Waals surface area contributed by atoms with Crippen molar-refractivity contribution in [1.29, 1.82) is 0 Å². The van der Waals surface area contributed by atoms with Crippen LogP contribution in [0.3, 0.4) is 0 Å². The zero-order valence-corrected chi connectivity index (χ0v) is 38.6. The molecule has 0 aliphatic carbocycles. The Balaban J connectivity index is 3.85. The van der Waals surface area contributed by atoms with Gasteiger partial charge < -0.3 is 25.2 Å². The van der Waals surface area contributed by atoms with Crippen molar-refractivity contribution in [2.75, 3.05) is 19.8 Å². The van der Waals surface area contributed by atoms with Crippen LogP contribution in [0.4, 0.5) is 0 Å². The highest BCUT2D eigenvalue weighted by Gasteiger charge is 2.28. The number of carbonyl (C=O) groups is 3. The number of carboxylic acids is 1. The summed E-state index contributed by atoms with van der Waals surface area (Å²) in [5.74, 6) is -2.39. The molecule has 0 heterocycles. The van der Waals surface area contributed by atoms with Crippen molar-refractivity contribution in [3.05, 3.63) is 48.6 Å². The van der Waals surface area contributed by atoms with Gasteiger partial charge in [-0.15, -0.1) is 0 Å². The second-order valence-electron chi connectivity index (χ2n) is 15.9. The van der Waals surface area contributed by atoms with Crippen molar-refractivity contribution in [3.63, 3.8) is 0 Å². The molecule has 0 spiro atoms. The minimum atomic E-state index is -4.76. The number of aliphatic carboxylic acids is 1. The highest BCUT2D eigenvalue weighted by molar-refractivity contribution is 7.47. The van der Waals surface area contributed by atoms with Crippen LogP contribution in [-0.2, 0) is 32.7 Å². The molecule has 0 saturated carbocycles. The largest absolute Gasteiger partial charge is 0.480 e. The van der Waals surface area contributed by atoms with Gasteiger partial charge in [-0.2, -0.15) is 0 Å². The Morgan fingerprint density at radius 1 is 0.533 bits per heavy atom. The average molecular weight is 868 g/mol. The lowest BCUT2D eigenvalue weighted by molar-refractivity contribution is -0.147. The lowest BCUT2D eigenvalue weighted by Gasteiger charge is -2.18. The van der Waals surface area contributed by atoms with Gasteiger partial charge in [0.1, 0.15) is 12.7 Å². The molecule has 0 aromatic carbocycles. The minimum absolute atomic E-state index is 0.143. The number of carboxylic acid groups (broad SMARTS) is 1. The number of ether oxygens (including phenoxy) is 1. The molecule has 12 heteroatoms. The zero-order valence-electron chi connectivity index (χ0n) is 37.8. The fourth-order valence-corrected chi connectivity index (χ4v) is 7.16. The van der Waals surface area contributed by atoms with Crippen molar-refractivity contribution in [1.82, 2.24) is 5.32 Å². The number of aliphatic hydroxyl groups excluding tert-OH is 1. The third kappa shape index (κ3) is 42.1. The number of aliphatic hydroxyl groups is 1. The molecule has 0 rings (SSSR count). The Hall–Kier alpha value is -2.56. The van der Waals surface area contributed by atoms with Crippen molar-refractivity contribution in [2.45, 2.75) is 219 Å². The van der Waals surface area contributed by atoms with E-state index >= 15 is 0 Å². The van der Waals surface area contributed by atoms with Gasteiger partial charge in [0.15, 0.2) is 6.04 Å². The normalized spacial score (nSPS) is 14.1. The predicted molar refractivity (Wildman–Crippen MR) is 245 cm³/mol. The number of nitrogens with one attached hydrogen (secondary N) is 1. The number of hydrogen-bond donors (Lipinski definition) is 4. The van der Waals surface area contributed by atoms with E-state index in [0.717, 1.165) is 70.6 Å². The van der Waals surface area contributed by atoms with Crippen LogP contribution in [0, 0.1) is 0 Å². The number of unbranched alkanes of at least 4 members (excludes halogenated alkanes) is 22. The summed E-state index contributed by atoms with van der Waals surface area (Å²) in [5, 5.41) is 21.9. The highest BCUT2D eigenvalue weighted by Crippen LogP contribution is 2.43. The Bertz CT molecular complexity index is 1200. The molecule has 60 heavy (non-hydrogen) atoms. The monoisotopic (exact) mass is 868 g/mol. The highest BCUT2D eigenvalue weighted by atomic mass is 31.2. The lowest BCUT2D eigenvalue weighted by Crippen LogP contribution is -2.43.